The van der Waals surface area contributed by atoms with E-state index in [-0.39, 0.29) is 11.0 Å². The summed E-state index contributed by atoms with van der Waals surface area (Å²) >= 11 is 5.86. The van der Waals surface area contributed by atoms with Crippen LogP contribution in [-0.2, 0) is 0 Å². The normalized spacial score (nSPS) is 11.4. The number of nitrogens with one attached hydrogen (secondary N) is 1. The number of halogens is 3. The van der Waals surface area contributed by atoms with Crippen LogP contribution >= 0.6 is 11.6 Å². The predicted octanol–water partition coefficient (Wildman–Crippen LogP) is 2.84. The van der Waals surface area contributed by atoms with Crippen LogP contribution in [0.5, 0.6) is 0 Å². The van der Waals surface area contributed by atoms with Gasteiger partial charge in [0, 0.05) is 11.6 Å². The summed E-state index contributed by atoms with van der Waals surface area (Å²) in [6.07, 6.45) is 0. The maximum Gasteiger partial charge on any atom is 0.287 e. The van der Waals surface area contributed by atoms with Gasteiger partial charge in [0.05, 0.1) is 6.54 Å². The zero-order chi connectivity index (χ0) is 14.6. The molecule has 2 aromatic rings. The Balaban J connectivity index is 2.21. The minimum absolute atomic E-state index is 0.147. The molecule has 0 bridgehead atoms. The number of rotatable bonds is 5. The molecule has 106 valence electrons. The maximum absolute atomic E-state index is 13.0. The Labute approximate surface area is 119 Å². The lowest BCUT2D eigenvalue weighted by Crippen LogP contribution is -2.31. The molecule has 0 atom stereocenters. The van der Waals surface area contributed by atoms with Crippen LogP contribution in [0.1, 0.15) is 0 Å². The molecule has 0 radical (unpaired) electrons. The fraction of sp³-hybridized carbons (Fsp3) is 0.231. The molecule has 0 aliphatic rings. The summed E-state index contributed by atoms with van der Waals surface area (Å²) in [5.74, 6) is -2.70. The van der Waals surface area contributed by atoms with Crippen LogP contribution in [0.3, 0.4) is 0 Å². The number of hydrogen-bond donors (Lipinski definition) is 2. The molecule has 0 amide bonds. The third-order valence-electron chi connectivity index (χ3n) is 2.49. The summed E-state index contributed by atoms with van der Waals surface area (Å²) in [4.78, 5) is 8.17. The van der Waals surface area contributed by atoms with E-state index >= 15 is 0 Å². The van der Waals surface area contributed by atoms with Gasteiger partial charge < -0.3 is 10.4 Å². The summed E-state index contributed by atoms with van der Waals surface area (Å²) in [6.45, 7) is -1.96. The first-order valence-corrected chi connectivity index (χ1v) is 6.20. The van der Waals surface area contributed by atoms with Crippen molar-refractivity contribution in [3.63, 3.8) is 0 Å². The Morgan fingerprint density at radius 3 is 2.55 bits per heavy atom. The van der Waals surface area contributed by atoms with Crippen LogP contribution in [0.15, 0.2) is 36.4 Å². The molecule has 4 nitrogen and oxygen atoms in total. The fourth-order valence-electron chi connectivity index (χ4n) is 1.50. The summed E-state index contributed by atoms with van der Waals surface area (Å²) < 4.78 is 25.9. The van der Waals surface area contributed by atoms with Crippen LogP contribution in [-0.4, -0.2) is 34.1 Å². The summed E-state index contributed by atoms with van der Waals surface area (Å²) in [7, 11) is 0. The lowest BCUT2D eigenvalue weighted by molar-refractivity contribution is -0.0373. The van der Waals surface area contributed by atoms with Crippen molar-refractivity contribution in [2.75, 3.05) is 18.5 Å². The molecule has 2 rings (SSSR count). The molecule has 1 heterocycles. The summed E-state index contributed by atoms with van der Waals surface area (Å²) in [5.41, 5.74) is 0.729. The van der Waals surface area contributed by atoms with E-state index in [0.717, 1.165) is 5.56 Å². The van der Waals surface area contributed by atoms with Crippen LogP contribution in [0, 0.1) is 0 Å². The topological polar surface area (TPSA) is 58.0 Å². The average molecular weight is 300 g/mol. The Hall–Kier alpha value is -1.79. The molecule has 0 unspecified atom stereocenters. The van der Waals surface area contributed by atoms with Gasteiger partial charge >= 0.3 is 0 Å². The first-order chi connectivity index (χ1) is 9.50. The van der Waals surface area contributed by atoms with E-state index in [1.807, 2.05) is 18.2 Å². The first kappa shape index (κ1) is 14.6. The number of aliphatic hydroxyl groups is 1. The van der Waals surface area contributed by atoms with E-state index in [0.29, 0.717) is 5.82 Å². The number of aromatic nitrogens is 2. The van der Waals surface area contributed by atoms with Gasteiger partial charge in [-0.25, -0.2) is 18.7 Å². The number of aliphatic hydroxyl groups excluding tert-OH is 1. The highest BCUT2D eigenvalue weighted by Crippen LogP contribution is 2.21. The van der Waals surface area contributed by atoms with Gasteiger partial charge in [0.15, 0.2) is 5.82 Å². The predicted molar refractivity (Wildman–Crippen MR) is 73.0 cm³/mol. The number of hydrogen-bond acceptors (Lipinski definition) is 4. The van der Waals surface area contributed by atoms with E-state index < -0.39 is 19.1 Å². The quantitative estimate of drug-likeness (QED) is 0.834. The van der Waals surface area contributed by atoms with Gasteiger partial charge in [0.2, 0.25) is 0 Å². The van der Waals surface area contributed by atoms with Gasteiger partial charge in [0.25, 0.3) is 5.92 Å². The molecule has 1 aromatic heterocycles. The average Bonchev–Trinajstić information content (AvgIpc) is 2.46. The lowest BCUT2D eigenvalue weighted by atomic mass is 10.2. The Kier molecular flexibility index (Phi) is 4.46. The molecule has 0 saturated carbocycles. The minimum Gasteiger partial charge on any atom is -0.390 e. The van der Waals surface area contributed by atoms with Gasteiger partial charge in [-0.05, 0) is 0 Å². The summed E-state index contributed by atoms with van der Waals surface area (Å²) in [5, 5.41) is 11.1. The Bertz CT molecular complexity index is 581. The van der Waals surface area contributed by atoms with Crippen molar-refractivity contribution in [1.82, 2.24) is 9.97 Å². The van der Waals surface area contributed by atoms with E-state index in [4.69, 9.17) is 16.7 Å². The fourth-order valence-corrected chi connectivity index (χ4v) is 1.68. The van der Waals surface area contributed by atoms with Crippen molar-refractivity contribution >= 4 is 17.4 Å². The van der Waals surface area contributed by atoms with Gasteiger partial charge in [-0.1, -0.05) is 41.9 Å². The summed E-state index contributed by atoms with van der Waals surface area (Å²) in [6, 6.07) is 10.4. The standard InChI is InChI=1S/C13H12ClF2N3O/c14-10-6-11(17-7-13(15,16)8-20)19-12(18-10)9-4-2-1-3-5-9/h1-6,20H,7-8H2,(H,17,18,19). The maximum atomic E-state index is 13.0. The van der Waals surface area contributed by atoms with Crippen LogP contribution in [0.25, 0.3) is 11.4 Å². The second-order valence-corrected chi connectivity index (χ2v) is 4.52. The number of nitrogens with zero attached hydrogens (tertiary/aromatic N) is 2. The number of anilines is 1. The second-order valence-electron chi connectivity index (χ2n) is 4.13. The third-order valence-corrected chi connectivity index (χ3v) is 2.68. The van der Waals surface area contributed by atoms with Gasteiger partial charge in [-0.3, -0.25) is 0 Å². The first-order valence-electron chi connectivity index (χ1n) is 5.83. The van der Waals surface area contributed by atoms with Crippen molar-refractivity contribution in [2.45, 2.75) is 5.92 Å². The second kappa shape index (κ2) is 6.11. The Morgan fingerprint density at radius 1 is 1.20 bits per heavy atom. The van der Waals surface area contributed by atoms with Crippen LogP contribution in [0.2, 0.25) is 5.15 Å². The highest BCUT2D eigenvalue weighted by atomic mass is 35.5. The van der Waals surface area contributed by atoms with E-state index in [9.17, 15) is 8.78 Å². The molecule has 20 heavy (non-hydrogen) atoms. The van der Waals surface area contributed by atoms with Crippen LogP contribution < -0.4 is 5.32 Å². The van der Waals surface area contributed by atoms with Crippen molar-refractivity contribution in [3.05, 3.63) is 41.6 Å². The van der Waals surface area contributed by atoms with Gasteiger partial charge in [-0.15, -0.1) is 0 Å². The van der Waals surface area contributed by atoms with Crippen molar-refractivity contribution < 1.29 is 13.9 Å². The molecule has 7 heteroatoms. The van der Waals surface area contributed by atoms with E-state index in [1.54, 1.807) is 12.1 Å². The molecule has 1 aromatic carbocycles. The molecule has 0 fully saturated rings. The molecule has 0 aliphatic heterocycles. The van der Waals surface area contributed by atoms with Gasteiger partial charge in [0.1, 0.15) is 17.6 Å². The zero-order valence-corrected chi connectivity index (χ0v) is 11.1. The smallest absolute Gasteiger partial charge is 0.287 e. The van der Waals surface area contributed by atoms with E-state index in [1.165, 1.54) is 6.07 Å². The molecule has 0 spiro atoms. The van der Waals surface area contributed by atoms with Crippen molar-refractivity contribution in [1.29, 1.82) is 0 Å². The van der Waals surface area contributed by atoms with Crippen molar-refractivity contribution in [3.8, 4) is 11.4 Å². The highest BCUT2D eigenvalue weighted by molar-refractivity contribution is 6.29. The monoisotopic (exact) mass is 299 g/mol. The van der Waals surface area contributed by atoms with Crippen LogP contribution in [0.4, 0.5) is 14.6 Å². The SMILES string of the molecule is OCC(F)(F)CNc1cc(Cl)nc(-c2ccccc2)n1. The molecular formula is C13H12ClF2N3O. The molecule has 2 N–H and O–H groups in total. The number of alkyl halides is 2. The zero-order valence-electron chi connectivity index (χ0n) is 10.4. The van der Waals surface area contributed by atoms with Gasteiger partial charge in [-0.2, -0.15) is 0 Å². The molecule has 0 aliphatic carbocycles. The third kappa shape index (κ3) is 3.85. The lowest BCUT2D eigenvalue weighted by Gasteiger charge is -2.14. The highest BCUT2D eigenvalue weighted by Gasteiger charge is 2.27. The minimum atomic E-state index is -3.22. The molecular weight excluding hydrogens is 288 g/mol. The van der Waals surface area contributed by atoms with E-state index in [2.05, 4.69) is 15.3 Å². The van der Waals surface area contributed by atoms with Crippen molar-refractivity contribution in [2.24, 2.45) is 0 Å². The number of benzene rings is 1. The molecule has 0 saturated heterocycles. The Morgan fingerprint density at radius 2 is 1.90 bits per heavy atom. The largest absolute Gasteiger partial charge is 0.390 e.